The predicted octanol–water partition coefficient (Wildman–Crippen LogP) is 2.69. The number of ether oxygens (including phenoxy) is 1. The van der Waals surface area contributed by atoms with Crippen molar-refractivity contribution in [2.75, 3.05) is 6.54 Å². The summed E-state index contributed by atoms with van der Waals surface area (Å²) in [5, 5.41) is 9.17. The molecule has 1 aromatic carbocycles. The fourth-order valence-corrected chi connectivity index (χ4v) is 2.80. The van der Waals surface area contributed by atoms with E-state index in [1.165, 1.54) is 12.1 Å². The van der Waals surface area contributed by atoms with Crippen LogP contribution in [-0.2, 0) is 9.59 Å². The number of rotatable bonds is 5. The number of likely N-dealkylation sites (tertiary alicyclic amines) is 1. The summed E-state index contributed by atoms with van der Waals surface area (Å²) in [6.45, 7) is 3.85. The standard InChI is InChI=1S/C17H22FNO4/c1-3-14(23-15-7-5-4-6-13(15)18)16(20)19-10-12(17(21)22)9-8-11(19)2/h4-7,11-12,14H,3,8-10H2,1-2H3,(H,21,22). The summed E-state index contributed by atoms with van der Waals surface area (Å²) in [5.41, 5.74) is 0. The predicted molar refractivity (Wildman–Crippen MR) is 82.6 cm³/mol. The highest BCUT2D eigenvalue weighted by Crippen LogP contribution is 2.25. The Morgan fingerprint density at radius 2 is 2.09 bits per heavy atom. The number of piperidine rings is 1. The SMILES string of the molecule is CCC(Oc1ccccc1F)C(=O)N1CC(C(=O)O)CCC1C. The molecule has 0 aromatic heterocycles. The van der Waals surface area contributed by atoms with E-state index in [-0.39, 0.29) is 24.2 Å². The van der Waals surface area contributed by atoms with Gasteiger partial charge < -0.3 is 14.7 Å². The van der Waals surface area contributed by atoms with Crippen LogP contribution < -0.4 is 4.74 Å². The van der Waals surface area contributed by atoms with Crippen LogP contribution in [0.5, 0.6) is 5.75 Å². The van der Waals surface area contributed by atoms with E-state index < -0.39 is 23.8 Å². The number of carbonyl (C=O) groups excluding carboxylic acids is 1. The first kappa shape index (κ1) is 17.2. The smallest absolute Gasteiger partial charge is 0.308 e. The number of carboxylic acid groups (broad SMARTS) is 1. The molecule has 1 fully saturated rings. The van der Waals surface area contributed by atoms with E-state index in [9.17, 15) is 19.1 Å². The van der Waals surface area contributed by atoms with E-state index in [1.54, 1.807) is 24.0 Å². The largest absolute Gasteiger partial charge is 0.481 e. The highest BCUT2D eigenvalue weighted by molar-refractivity contribution is 5.82. The minimum Gasteiger partial charge on any atom is -0.481 e. The van der Waals surface area contributed by atoms with Gasteiger partial charge in [0.1, 0.15) is 0 Å². The molecule has 1 heterocycles. The third-order valence-corrected chi connectivity index (χ3v) is 4.27. The van der Waals surface area contributed by atoms with Crippen molar-refractivity contribution in [2.24, 2.45) is 5.92 Å². The van der Waals surface area contributed by atoms with Crippen LogP contribution in [0.4, 0.5) is 4.39 Å². The number of para-hydroxylation sites is 1. The molecular weight excluding hydrogens is 301 g/mol. The zero-order valence-electron chi connectivity index (χ0n) is 13.4. The Morgan fingerprint density at radius 3 is 2.70 bits per heavy atom. The molecule has 0 bridgehead atoms. The van der Waals surface area contributed by atoms with Crippen molar-refractivity contribution in [3.05, 3.63) is 30.1 Å². The fraction of sp³-hybridized carbons (Fsp3) is 0.529. The topological polar surface area (TPSA) is 66.8 Å². The maximum absolute atomic E-state index is 13.7. The summed E-state index contributed by atoms with van der Waals surface area (Å²) in [7, 11) is 0. The lowest BCUT2D eigenvalue weighted by atomic mass is 9.93. The number of halogens is 1. The van der Waals surface area contributed by atoms with Gasteiger partial charge in [-0.25, -0.2) is 4.39 Å². The van der Waals surface area contributed by atoms with Crippen LogP contribution in [-0.4, -0.2) is 40.6 Å². The molecule has 1 aliphatic heterocycles. The number of hydrogen-bond donors (Lipinski definition) is 1. The lowest BCUT2D eigenvalue weighted by Crippen LogP contribution is -2.52. The Kier molecular flexibility index (Phi) is 5.58. The highest BCUT2D eigenvalue weighted by atomic mass is 19.1. The van der Waals surface area contributed by atoms with Gasteiger partial charge in [0.15, 0.2) is 17.7 Å². The van der Waals surface area contributed by atoms with Crippen molar-refractivity contribution < 1.29 is 23.8 Å². The van der Waals surface area contributed by atoms with Crippen LogP contribution in [0.15, 0.2) is 24.3 Å². The average molecular weight is 323 g/mol. The number of benzene rings is 1. The highest BCUT2D eigenvalue weighted by Gasteiger charge is 2.35. The molecule has 2 rings (SSSR count). The van der Waals surface area contributed by atoms with Crippen LogP contribution in [0.1, 0.15) is 33.1 Å². The number of nitrogens with zero attached hydrogens (tertiary/aromatic N) is 1. The molecular formula is C17H22FNO4. The summed E-state index contributed by atoms with van der Waals surface area (Å²) in [4.78, 5) is 25.4. The third-order valence-electron chi connectivity index (χ3n) is 4.27. The van der Waals surface area contributed by atoms with Crippen LogP contribution in [0.25, 0.3) is 0 Å². The van der Waals surface area contributed by atoms with E-state index in [2.05, 4.69) is 0 Å². The van der Waals surface area contributed by atoms with Gasteiger partial charge in [0.05, 0.1) is 5.92 Å². The van der Waals surface area contributed by atoms with Gasteiger partial charge in [-0.2, -0.15) is 0 Å². The van der Waals surface area contributed by atoms with E-state index in [0.29, 0.717) is 19.3 Å². The first-order valence-electron chi connectivity index (χ1n) is 7.88. The summed E-state index contributed by atoms with van der Waals surface area (Å²) in [6.07, 6.45) is 0.764. The van der Waals surface area contributed by atoms with Crippen molar-refractivity contribution in [3.63, 3.8) is 0 Å². The van der Waals surface area contributed by atoms with Crippen molar-refractivity contribution in [1.82, 2.24) is 4.90 Å². The van der Waals surface area contributed by atoms with Crippen molar-refractivity contribution >= 4 is 11.9 Å². The molecule has 5 nitrogen and oxygen atoms in total. The quantitative estimate of drug-likeness (QED) is 0.905. The monoisotopic (exact) mass is 323 g/mol. The van der Waals surface area contributed by atoms with Gasteiger partial charge in [-0.05, 0) is 38.3 Å². The summed E-state index contributed by atoms with van der Waals surface area (Å²) in [5.74, 6) is -2.21. The molecule has 0 radical (unpaired) electrons. The second kappa shape index (κ2) is 7.44. The minimum atomic E-state index is -0.891. The molecule has 126 valence electrons. The number of carbonyl (C=O) groups is 2. The normalized spacial score (nSPS) is 22.5. The Morgan fingerprint density at radius 1 is 1.39 bits per heavy atom. The second-order valence-corrected chi connectivity index (χ2v) is 5.90. The molecule has 1 N–H and O–H groups in total. The number of hydrogen-bond acceptors (Lipinski definition) is 3. The molecule has 3 atom stereocenters. The summed E-state index contributed by atoms with van der Waals surface area (Å²) in [6, 6.07) is 5.90. The zero-order valence-corrected chi connectivity index (χ0v) is 13.4. The average Bonchev–Trinajstić information content (AvgIpc) is 2.53. The number of amides is 1. The van der Waals surface area contributed by atoms with Crippen molar-refractivity contribution in [2.45, 2.75) is 45.3 Å². The summed E-state index contributed by atoms with van der Waals surface area (Å²) >= 11 is 0. The maximum atomic E-state index is 13.7. The Labute approximate surface area is 135 Å². The maximum Gasteiger partial charge on any atom is 0.308 e. The van der Waals surface area contributed by atoms with Crippen molar-refractivity contribution in [1.29, 1.82) is 0 Å². The van der Waals surface area contributed by atoms with E-state index in [1.807, 2.05) is 6.92 Å². The first-order chi connectivity index (χ1) is 10.9. The first-order valence-corrected chi connectivity index (χ1v) is 7.88. The summed E-state index contributed by atoms with van der Waals surface area (Å²) < 4.78 is 19.2. The van der Waals surface area contributed by atoms with Gasteiger partial charge in [-0.15, -0.1) is 0 Å². The number of aliphatic carboxylic acids is 1. The van der Waals surface area contributed by atoms with Gasteiger partial charge in [0.25, 0.3) is 5.91 Å². The molecule has 1 aliphatic rings. The lowest BCUT2D eigenvalue weighted by molar-refractivity contribution is -0.150. The van der Waals surface area contributed by atoms with Gasteiger partial charge in [-0.1, -0.05) is 19.1 Å². The molecule has 0 saturated carbocycles. The van der Waals surface area contributed by atoms with Crippen molar-refractivity contribution in [3.8, 4) is 5.75 Å². The zero-order chi connectivity index (χ0) is 17.0. The minimum absolute atomic E-state index is 0.0344. The number of carboxylic acids is 1. The van der Waals surface area contributed by atoms with Gasteiger partial charge in [0.2, 0.25) is 0 Å². The third kappa shape index (κ3) is 4.00. The van der Waals surface area contributed by atoms with Gasteiger partial charge in [0, 0.05) is 12.6 Å². The van der Waals surface area contributed by atoms with Crippen LogP contribution in [0.3, 0.4) is 0 Å². The molecule has 0 aliphatic carbocycles. The van der Waals surface area contributed by atoms with E-state index in [0.717, 1.165) is 0 Å². The van der Waals surface area contributed by atoms with E-state index >= 15 is 0 Å². The van der Waals surface area contributed by atoms with Crippen LogP contribution in [0, 0.1) is 11.7 Å². The molecule has 1 amide bonds. The molecule has 1 aromatic rings. The van der Waals surface area contributed by atoms with E-state index in [4.69, 9.17) is 4.74 Å². The molecule has 0 spiro atoms. The fourth-order valence-electron chi connectivity index (χ4n) is 2.80. The Balaban J connectivity index is 2.12. The van der Waals surface area contributed by atoms with Crippen LogP contribution >= 0.6 is 0 Å². The Hall–Kier alpha value is -2.11. The van der Waals surface area contributed by atoms with Gasteiger partial charge in [-0.3, -0.25) is 9.59 Å². The lowest BCUT2D eigenvalue weighted by Gasteiger charge is -2.38. The van der Waals surface area contributed by atoms with Gasteiger partial charge >= 0.3 is 5.97 Å². The van der Waals surface area contributed by atoms with Crippen LogP contribution in [0.2, 0.25) is 0 Å². The molecule has 1 saturated heterocycles. The Bertz CT molecular complexity index is 577. The molecule has 3 unspecified atom stereocenters. The molecule has 6 heteroatoms. The molecule has 23 heavy (non-hydrogen) atoms. The second-order valence-electron chi connectivity index (χ2n) is 5.90.